The lowest BCUT2D eigenvalue weighted by Gasteiger charge is -2.25. The Morgan fingerprint density at radius 3 is 2.59 bits per heavy atom. The number of nitrogens with one attached hydrogen (secondary N) is 2. The van der Waals surface area contributed by atoms with E-state index in [1.54, 1.807) is 0 Å². The second-order valence-electron chi connectivity index (χ2n) is 5.29. The van der Waals surface area contributed by atoms with E-state index in [4.69, 9.17) is 4.74 Å². The lowest BCUT2D eigenvalue weighted by atomic mass is 9.96. The molecule has 0 aromatic rings. The first kappa shape index (κ1) is 12.7. The highest BCUT2D eigenvalue weighted by Gasteiger charge is 2.24. The van der Waals surface area contributed by atoms with Crippen molar-refractivity contribution in [3.05, 3.63) is 0 Å². The number of carbonyl (C=O) groups excluding carboxylic acids is 1. The summed E-state index contributed by atoms with van der Waals surface area (Å²) < 4.78 is 5.56. The maximum absolute atomic E-state index is 11.8. The number of hydrogen-bond donors (Lipinski definition) is 2. The second-order valence-corrected chi connectivity index (χ2v) is 5.29. The van der Waals surface area contributed by atoms with Gasteiger partial charge in [-0.05, 0) is 32.6 Å². The summed E-state index contributed by atoms with van der Waals surface area (Å²) in [7, 11) is 0. The molecular weight excluding hydrogens is 216 g/mol. The summed E-state index contributed by atoms with van der Waals surface area (Å²) in [6, 6.07) is 0.460. The van der Waals surface area contributed by atoms with Crippen LogP contribution in [0.25, 0.3) is 0 Å². The second kappa shape index (κ2) is 6.24. The normalized spacial score (nSPS) is 27.7. The van der Waals surface area contributed by atoms with Gasteiger partial charge in [0.2, 0.25) is 0 Å². The molecule has 2 fully saturated rings. The van der Waals surface area contributed by atoms with Gasteiger partial charge in [0, 0.05) is 12.6 Å². The third-order valence-corrected chi connectivity index (χ3v) is 3.82. The third kappa shape index (κ3) is 3.87. The van der Waals surface area contributed by atoms with E-state index in [2.05, 4.69) is 10.6 Å². The quantitative estimate of drug-likeness (QED) is 0.794. The molecule has 0 radical (unpaired) electrons. The molecule has 0 aromatic heterocycles. The van der Waals surface area contributed by atoms with Gasteiger partial charge in [-0.1, -0.05) is 19.3 Å². The molecule has 1 aliphatic carbocycles. The van der Waals surface area contributed by atoms with E-state index in [1.165, 1.54) is 19.3 Å². The maximum atomic E-state index is 11.8. The molecule has 98 valence electrons. The molecule has 2 atom stereocenters. The van der Waals surface area contributed by atoms with Crippen molar-refractivity contribution in [2.75, 3.05) is 6.61 Å². The Morgan fingerprint density at radius 2 is 1.94 bits per heavy atom. The van der Waals surface area contributed by atoms with Crippen molar-refractivity contribution in [2.45, 2.75) is 70.1 Å². The Balaban J connectivity index is 1.68. The van der Waals surface area contributed by atoms with Crippen LogP contribution < -0.4 is 10.6 Å². The molecule has 2 aliphatic rings. The van der Waals surface area contributed by atoms with Gasteiger partial charge in [0.15, 0.2) is 0 Å². The first-order chi connectivity index (χ1) is 8.25. The molecule has 0 bridgehead atoms. The highest BCUT2D eigenvalue weighted by Crippen LogP contribution is 2.18. The lowest BCUT2D eigenvalue weighted by Crippen LogP contribution is -2.49. The SMILES string of the molecule is C[C@H](NC(=O)NC1CCCCC1)[C@H]1CCCO1. The van der Waals surface area contributed by atoms with Gasteiger partial charge in [-0.15, -0.1) is 0 Å². The maximum Gasteiger partial charge on any atom is 0.315 e. The van der Waals surface area contributed by atoms with Gasteiger partial charge >= 0.3 is 6.03 Å². The molecule has 17 heavy (non-hydrogen) atoms. The van der Waals surface area contributed by atoms with Crippen molar-refractivity contribution in [3.63, 3.8) is 0 Å². The summed E-state index contributed by atoms with van der Waals surface area (Å²) in [6.07, 6.45) is 8.42. The van der Waals surface area contributed by atoms with Crippen molar-refractivity contribution < 1.29 is 9.53 Å². The Labute approximate surface area is 103 Å². The summed E-state index contributed by atoms with van der Waals surface area (Å²) in [5.74, 6) is 0. The van der Waals surface area contributed by atoms with Crippen molar-refractivity contribution in [3.8, 4) is 0 Å². The van der Waals surface area contributed by atoms with Gasteiger partial charge in [-0.25, -0.2) is 4.79 Å². The monoisotopic (exact) mass is 240 g/mol. The molecule has 1 heterocycles. The fraction of sp³-hybridized carbons (Fsp3) is 0.923. The summed E-state index contributed by atoms with van der Waals surface area (Å²) in [5, 5.41) is 6.06. The van der Waals surface area contributed by atoms with Crippen LogP contribution in [0.15, 0.2) is 0 Å². The zero-order valence-electron chi connectivity index (χ0n) is 10.7. The fourth-order valence-corrected chi connectivity index (χ4v) is 2.77. The molecule has 0 unspecified atom stereocenters. The highest BCUT2D eigenvalue weighted by molar-refractivity contribution is 5.74. The molecule has 1 saturated carbocycles. The fourth-order valence-electron chi connectivity index (χ4n) is 2.77. The smallest absolute Gasteiger partial charge is 0.315 e. The van der Waals surface area contributed by atoms with E-state index in [1.807, 2.05) is 6.92 Å². The van der Waals surface area contributed by atoms with E-state index in [0.717, 1.165) is 32.3 Å². The predicted octanol–water partition coefficient (Wildman–Crippen LogP) is 2.19. The van der Waals surface area contributed by atoms with E-state index < -0.39 is 0 Å². The summed E-state index contributed by atoms with van der Waals surface area (Å²) >= 11 is 0. The lowest BCUT2D eigenvalue weighted by molar-refractivity contribution is 0.0857. The van der Waals surface area contributed by atoms with Crippen molar-refractivity contribution >= 4 is 6.03 Å². The number of hydrogen-bond acceptors (Lipinski definition) is 2. The molecule has 1 saturated heterocycles. The Morgan fingerprint density at radius 1 is 1.18 bits per heavy atom. The van der Waals surface area contributed by atoms with Crippen molar-refractivity contribution in [1.29, 1.82) is 0 Å². The first-order valence-corrected chi connectivity index (χ1v) is 6.94. The zero-order valence-corrected chi connectivity index (χ0v) is 10.7. The molecule has 0 aromatic carbocycles. The van der Waals surface area contributed by atoms with Crippen molar-refractivity contribution in [2.24, 2.45) is 0 Å². The van der Waals surface area contributed by atoms with Crippen LogP contribution in [0.1, 0.15) is 51.9 Å². The molecule has 2 amide bonds. The largest absolute Gasteiger partial charge is 0.376 e. The van der Waals surface area contributed by atoms with Crippen LogP contribution in [-0.4, -0.2) is 30.8 Å². The topological polar surface area (TPSA) is 50.4 Å². The van der Waals surface area contributed by atoms with Gasteiger partial charge in [-0.3, -0.25) is 0 Å². The van der Waals surface area contributed by atoms with Gasteiger partial charge in [0.25, 0.3) is 0 Å². The molecule has 0 spiro atoms. The zero-order chi connectivity index (χ0) is 12.1. The van der Waals surface area contributed by atoms with Gasteiger partial charge < -0.3 is 15.4 Å². The minimum Gasteiger partial charge on any atom is -0.376 e. The van der Waals surface area contributed by atoms with Gasteiger partial charge in [0.1, 0.15) is 0 Å². The summed E-state index contributed by atoms with van der Waals surface area (Å²) in [6.45, 7) is 2.86. The van der Waals surface area contributed by atoms with E-state index in [9.17, 15) is 4.79 Å². The van der Waals surface area contributed by atoms with E-state index >= 15 is 0 Å². The van der Waals surface area contributed by atoms with Crippen LogP contribution in [0.3, 0.4) is 0 Å². The minimum absolute atomic E-state index is 0.0279. The highest BCUT2D eigenvalue weighted by atomic mass is 16.5. The third-order valence-electron chi connectivity index (χ3n) is 3.82. The number of amides is 2. The van der Waals surface area contributed by atoms with Crippen LogP contribution in [0, 0.1) is 0 Å². The van der Waals surface area contributed by atoms with E-state index in [-0.39, 0.29) is 18.2 Å². The van der Waals surface area contributed by atoms with Crippen LogP contribution >= 0.6 is 0 Å². The molecule has 2 rings (SSSR count). The first-order valence-electron chi connectivity index (χ1n) is 6.94. The summed E-state index contributed by atoms with van der Waals surface area (Å²) in [4.78, 5) is 11.8. The average Bonchev–Trinajstić information content (AvgIpc) is 2.83. The number of carbonyl (C=O) groups is 1. The average molecular weight is 240 g/mol. The number of ether oxygens (including phenoxy) is 1. The molecule has 2 N–H and O–H groups in total. The van der Waals surface area contributed by atoms with Crippen LogP contribution in [0.2, 0.25) is 0 Å². The predicted molar refractivity (Wildman–Crippen MR) is 67.0 cm³/mol. The molecule has 1 aliphatic heterocycles. The molecule has 4 nitrogen and oxygen atoms in total. The number of urea groups is 1. The standard InChI is InChI=1S/C13H24N2O2/c1-10(12-8-5-9-17-12)14-13(16)15-11-6-3-2-4-7-11/h10-12H,2-9H2,1H3,(H2,14,15,16)/t10-,12+/m0/s1. The Bertz CT molecular complexity index is 246. The summed E-state index contributed by atoms with van der Waals surface area (Å²) in [5.41, 5.74) is 0. The van der Waals surface area contributed by atoms with Gasteiger partial charge in [0.05, 0.1) is 12.1 Å². The van der Waals surface area contributed by atoms with Crippen LogP contribution in [0.5, 0.6) is 0 Å². The minimum atomic E-state index is -0.0279. The van der Waals surface area contributed by atoms with Crippen LogP contribution in [0.4, 0.5) is 4.79 Å². The molecular formula is C13H24N2O2. The Hall–Kier alpha value is -0.770. The van der Waals surface area contributed by atoms with Crippen LogP contribution in [-0.2, 0) is 4.74 Å². The number of rotatable bonds is 3. The molecule has 4 heteroatoms. The van der Waals surface area contributed by atoms with Gasteiger partial charge in [-0.2, -0.15) is 0 Å². The van der Waals surface area contributed by atoms with Crippen molar-refractivity contribution in [1.82, 2.24) is 10.6 Å². The Kier molecular flexibility index (Phi) is 4.66. The van der Waals surface area contributed by atoms with E-state index in [0.29, 0.717) is 6.04 Å².